The number of nitrogens with one attached hydrogen (secondary N) is 2. The highest BCUT2D eigenvalue weighted by molar-refractivity contribution is 5.80. The number of nitrogens with two attached hydrogens (primary N) is 1. The largest absolute Gasteiger partial charge is 0.465 e. The zero-order valence-corrected chi connectivity index (χ0v) is 9.63. The first kappa shape index (κ1) is 16.0. The van der Waals surface area contributed by atoms with Gasteiger partial charge in [-0.05, 0) is 19.3 Å². The fraction of sp³-hybridized carbons (Fsp3) is 0.667. The van der Waals surface area contributed by atoms with Gasteiger partial charge in [0.05, 0.1) is 6.04 Å². The number of carbonyl (C=O) groups is 3. The number of hydrogen-bond donors (Lipinski definition) is 6. The fourth-order valence-corrected chi connectivity index (χ4v) is 1.35. The van der Waals surface area contributed by atoms with Gasteiger partial charge in [0.1, 0.15) is 0 Å². The van der Waals surface area contributed by atoms with Gasteiger partial charge in [-0.1, -0.05) is 0 Å². The van der Waals surface area contributed by atoms with E-state index in [9.17, 15) is 19.5 Å². The Labute approximate surface area is 103 Å². The number of hydrogen-bond acceptors (Lipinski definition) is 4. The van der Waals surface area contributed by atoms with Crippen LogP contribution >= 0.6 is 0 Å². The third kappa shape index (κ3) is 7.28. The Bertz CT molecular complexity index is 309. The predicted molar refractivity (Wildman–Crippen MR) is 60.0 cm³/mol. The molecular formula is C9H17N3O6. The van der Waals surface area contributed by atoms with Crippen molar-refractivity contribution in [2.75, 3.05) is 6.54 Å². The molecule has 0 radical (unpaired) electrons. The summed E-state index contributed by atoms with van der Waals surface area (Å²) in [4.78, 5) is 31.3. The molecule has 0 saturated heterocycles. The molecule has 104 valence electrons. The van der Waals surface area contributed by atoms with E-state index in [-0.39, 0.29) is 13.0 Å². The van der Waals surface area contributed by atoms with Crippen LogP contribution in [0, 0.1) is 0 Å². The Morgan fingerprint density at radius 2 is 1.72 bits per heavy atom. The molecule has 9 nitrogen and oxygen atoms in total. The minimum atomic E-state index is -1.60. The van der Waals surface area contributed by atoms with Gasteiger partial charge in [-0.25, -0.2) is 9.59 Å². The van der Waals surface area contributed by atoms with Crippen molar-refractivity contribution in [1.29, 1.82) is 0 Å². The van der Waals surface area contributed by atoms with Crippen LogP contribution in [-0.2, 0) is 4.79 Å². The summed E-state index contributed by atoms with van der Waals surface area (Å²) in [5.41, 5.74) is 4.87. The van der Waals surface area contributed by atoms with Crippen LogP contribution in [-0.4, -0.2) is 52.1 Å². The van der Waals surface area contributed by atoms with Gasteiger partial charge < -0.3 is 31.7 Å². The van der Waals surface area contributed by atoms with E-state index in [2.05, 4.69) is 5.32 Å². The van der Waals surface area contributed by atoms with E-state index in [1.54, 1.807) is 0 Å². The maximum Gasteiger partial charge on any atom is 0.404 e. The molecule has 0 spiro atoms. The molecule has 0 aromatic carbocycles. The molecule has 7 N–H and O–H groups in total. The Hall–Kier alpha value is -2.03. The number of aliphatic hydroxyl groups is 1. The van der Waals surface area contributed by atoms with E-state index in [4.69, 9.17) is 15.9 Å². The van der Waals surface area contributed by atoms with Crippen molar-refractivity contribution >= 4 is 18.1 Å². The van der Waals surface area contributed by atoms with Crippen LogP contribution < -0.4 is 16.4 Å². The molecule has 9 heteroatoms. The van der Waals surface area contributed by atoms with Crippen molar-refractivity contribution in [3.05, 3.63) is 0 Å². The lowest BCUT2D eigenvalue weighted by molar-refractivity contribution is -0.127. The van der Waals surface area contributed by atoms with Gasteiger partial charge in [0, 0.05) is 6.54 Å². The third-order valence-electron chi connectivity index (χ3n) is 2.20. The van der Waals surface area contributed by atoms with E-state index in [0.29, 0.717) is 12.8 Å². The number of aliphatic hydroxyl groups excluding tert-OH is 1. The molecule has 0 aliphatic heterocycles. The molecule has 0 aromatic rings. The monoisotopic (exact) mass is 263 g/mol. The highest BCUT2D eigenvalue weighted by Gasteiger charge is 2.25. The number of carboxylic acid groups (broad SMARTS) is 2. The van der Waals surface area contributed by atoms with E-state index >= 15 is 0 Å². The maximum absolute atomic E-state index is 10.7. The highest BCUT2D eigenvalue weighted by atomic mass is 16.4. The summed E-state index contributed by atoms with van der Waals surface area (Å²) in [5, 5.41) is 30.3. The molecule has 0 fully saturated rings. The summed E-state index contributed by atoms with van der Waals surface area (Å²) in [6.45, 7) is 0.210. The minimum Gasteiger partial charge on any atom is -0.465 e. The summed E-state index contributed by atoms with van der Waals surface area (Å²) in [7, 11) is 0. The van der Waals surface area contributed by atoms with E-state index in [1.807, 2.05) is 5.32 Å². The van der Waals surface area contributed by atoms with Crippen LogP contribution in [0.2, 0.25) is 0 Å². The lowest BCUT2D eigenvalue weighted by Crippen LogP contribution is -2.48. The maximum atomic E-state index is 10.7. The van der Waals surface area contributed by atoms with E-state index in [0.717, 1.165) is 0 Å². The molecule has 2 atom stereocenters. The quantitative estimate of drug-likeness (QED) is 0.305. The van der Waals surface area contributed by atoms with Gasteiger partial charge in [0.15, 0.2) is 6.10 Å². The molecular weight excluding hydrogens is 246 g/mol. The molecule has 0 aliphatic rings. The van der Waals surface area contributed by atoms with Crippen LogP contribution in [0.4, 0.5) is 9.59 Å². The predicted octanol–water partition coefficient (Wildman–Crippen LogP) is -1.09. The van der Waals surface area contributed by atoms with Gasteiger partial charge in [0.25, 0.3) is 0 Å². The van der Waals surface area contributed by atoms with Gasteiger partial charge >= 0.3 is 12.2 Å². The van der Waals surface area contributed by atoms with E-state index in [1.165, 1.54) is 0 Å². The molecule has 0 aliphatic carbocycles. The van der Waals surface area contributed by atoms with Crippen molar-refractivity contribution in [1.82, 2.24) is 10.6 Å². The first-order valence-electron chi connectivity index (χ1n) is 5.28. The SMILES string of the molecule is NC(=O)C(O)C(CCCCNC(=O)O)NC(=O)O. The topological polar surface area (TPSA) is 162 Å². The second kappa shape index (κ2) is 8.12. The summed E-state index contributed by atoms with van der Waals surface area (Å²) < 4.78 is 0. The van der Waals surface area contributed by atoms with Gasteiger partial charge in [-0.3, -0.25) is 4.79 Å². The van der Waals surface area contributed by atoms with Crippen molar-refractivity contribution in [2.24, 2.45) is 5.73 Å². The number of primary amides is 1. The molecule has 18 heavy (non-hydrogen) atoms. The van der Waals surface area contributed by atoms with Crippen LogP contribution in [0.5, 0.6) is 0 Å². The van der Waals surface area contributed by atoms with Crippen molar-refractivity contribution < 1.29 is 29.7 Å². The minimum absolute atomic E-state index is 0.178. The fourth-order valence-electron chi connectivity index (χ4n) is 1.35. The summed E-state index contributed by atoms with van der Waals surface area (Å²) in [5.74, 6) is -1.02. The number of unbranched alkanes of at least 4 members (excludes halogenated alkanes) is 1. The molecule has 3 amide bonds. The lowest BCUT2D eigenvalue weighted by Gasteiger charge is -2.20. The summed E-state index contributed by atoms with van der Waals surface area (Å²) in [6, 6.07) is -0.996. The second-order valence-electron chi connectivity index (χ2n) is 3.63. The first-order valence-corrected chi connectivity index (χ1v) is 5.28. The van der Waals surface area contributed by atoms with Crippen molar-refractivity contribution in [3.8, 4) is 0 Å². The van der Waals surface area contributed by atoms with Crippen molar-refractivity contribution in [3.63, 3.8) is 0 Å². The second-order valence-corrected chi connectivity index (χ2v) is 3.63. The Kier molecular flexibility index (Phi) is 7.20. The molecule has 0 bridgehead atoms. The zero-order valence-electron chi connectivity index (χ0n) is 9.63. The molecule has 0 heterocycles. The lowest BCUT2D eigenvalue weighted by atomic mass is 10.0. The normalized spacial score (nSPS) is 13.4. The standard InChI is InChI=1S/C9H17N3O6/c10-7(14)6(13)5(12-9(17)18)3-1-2-4-11-8(15)16/h5-6,11-13H,1-4H2,(H2,10,14)(H,15,16)(H,17,18). The summed E-state index contributed by atoms with van der Waals surface area (Å²) >= 11 is 0. The van der Waals surface area contributed by atoms with Crippen LogP contribution in [0.1, 0.15) is 19.3 Å². The molecule has 0 rings (SSSR count). The summed E-state index contributed by atoms with van der Waals surface area (Å²) in [6.07, 6.45) is -3.06. The Morgan fingerprint density at radius 1 is 1.11 bits per heavy atom. The smallest absolute Gasteiger partial charge is 0.404 e. The van der Waals surface area contributed by atoms with Crippen LogP contribution in [0.25, 0.3) is 0 Å². The molecule has 2 unspecified atom stereocenters. The van der Waals surface area contributed by atoms with Gasteiger partial charge in [0.2, 0.25) is 5.91 Å². The molecule has 0 aromatic heterocycles. The number of carbonyl (C=O) groups excluding carboxylic acids is 1. The third-order valence-corrected chi connectivity index (χ3v) is 2.20. The Morgan fingerprint density at radius 3 is 2.17 bits per heavy atom. The van der Waals surface area contributed by atoms with Gasteiger partial charge in [-0.2, -0.15) is 0 Å². The van der Waals surface area contributed by atoms with Crippen molar-refractivity contribution in [2.45, 2.75) is 31.4 Å². The first-order chi connectivity index (χ1) is 8.34. The average molecular weight is 263 g/mol. The highest BCUT2D eigenvalue weighted by Crippen LogP contribution is 2.05. The van der Waals surface area contributed by atoms with Gasteiger partial charge in [-0.15, -0.1) is 0 Å². The number of rotatable bonds is 8. The van der Waals surface area contributed by atoms with E-state index < -0.39 is 30.2 Å². The Balaban J connectivity index is 4.05. The molecule has 0 saturated carbocycles. The van der Waals surface area contributed by atoms with Crippen LogP contribution in [0.15, 0.2) is 0 Å². The zero-order chi connectivity index (χ0) is 14.1. The number of amides is 3. The van der Waals surface area contributed by atoms with Crippen LogP contribution in [0.3, 0.4) is 0 Å². The average Bonchev–Trinajstić information content (AvgIpc) is 2.24.